The van der Waals surface area contributed by atoms with Crippen LogP contribution >= 0.6 is 11.8 Å². The first-order valence-electron chi connectivity index (χ1n) is 10.1. The van der Waals surface area contributed by atoms with Gasteiger partial charge in [-0.05, 0) is 42.5 Å². The molecule has 162 valence electrons. The first kappa shape index (κ1) is 21.9. The van der Waals surface area contributed by atoms with Crippen LogP contribution in [0.25, 0.3) is 5.69 Å². The lowest BCUT2D eigenvalue weighted by atomic mass is 10.2. The average Bonchev–Trinajstić information content (AvgIpc) is 3.32. The maximum Gasteiger partial charge on any atom is 0.255 e. The Labute approximate surface area is 195 Å². The normalized spacial score (nSPS) is 10.3. The zero-order valence-corrected chi connectivity index (χ0v) is 18.3. The second kappa shape index (κ2) is 10.3. The van der Waals surface area contributed by atoms with E-state index in [-0.39, 0.29) is 17.6 Å². The summed E-state index contributed by atoms with van der Waals surface area (Å²) in [7, 11) is 0. The summed E-state index contributed by atoms with van der Waals surface area (Å²) >= 11 is 1.26. The highest BCUT2D eigenvalue weighted by molar-refractivity contribution is 7.99. The number of thioether (sulfide) groups is 1. The van der Waals surface area contributed by atoms with Gasteiger partial charge in [-0.15, -0.1) is 0 Å². The predicted octanol–water partition coefficient (Wildman–Crippen LogP) is 4.73. The number of hydrogen-bond acceptors (Lipinski definition) is 5. The summed E-state index contributed by atoms with van der Waals surface area (Å²) in [5.41, 5.74) is 2.86. The van der Waals surface area contributed by atoms with E-state index < -0.39 is 0 Å². The minimum atomic E-state index is -0.242. The first-order chi connectivity index (χ1) is 16.1. The van der Waals surface area contributed by atoms with Crippen LogP contribution in [0.15, 0.2) is 96.4 Å². The van der Waals surface area contributed by atoms with Crippen molar-refractivity contribution in [3.63, 3.8) is 0 Å². The summed E-state index contributed by atoms with van der Waals surface area (Å²) < 4.78 is 1.82. The number of anilines is 2. The Morgan fingerprint density at radius 3 is 2.58 bits per heavy atom. The highest BCUT2D eigenvalue weighted by Crippen LogP contribution is 2.22. The van der Waals surface area contributed by atoms with E-state index in [1.54, 1.807) is 54.9 Å². The van der Waals surface area contributed by atoms with Crippen molar-refractivity contribution in [2.24, 2.45) is 0 Å². The molecule has 0 spiro atoms. The molecule has 0 saturated heterocycles. The Morgan fingerprint density at radius 1 is 0.970 bits per heavy atom. The third-order valence-electron chi connectivity index (χ3n) is 4.68. The molecule has 0 aliphatic carbocycles. The van der Waals surface area contributed by atoms with Gasteiger partial charge in [0.05, 0.1) is 17.0 Å². The standard InChI is InChI=1S/C25H19N5O2S/c26-16-19-7-4-5-12-22(19)29-23(31)17-33-25-27-13-14-30(25)21-11-6-8-18(15-21)24(32)28-20-9-2-1-3-10-20/h1-15H,17H2,(H,28,32)(H,29,31). The number of nitrogens with zero attached hydrogens (tertiary/aromatic N) is 3. The summed E-state index contributed by atoms with van der Waals surface area (Å²) in [5.74, 6) is -0.341. The molecule has 0 aliphatic rings. The molecule has 0 unspecified atom stereocenters. The van der Waals surface area contributed by atoms with Gasteiger partial charge in [0.15, 0.2) is 5.16 Å². The summed E-state index contributed by atoms with van der Waals surface area (Å²) in [4.78, 5) is 29.4. The van der Waals surface area contributed by atoms with Crippen molar-refractivity contribution >= 4 is 35.0 Å². The van der Waals surface area contributed by atoms with Crippen LogP contribution in [0.1, 0.15) is 15.9 Å². The molecule has 0 saturated carbocycles. The lowest BCUT2D eigenvalue weighted by Gasteiger charge is -2.10. The van der Waals surface area contributed by atoms with E-state index in [9.17, 15) is 9.59 Å². The monoisotopic (exact) mass is 453 g/mol. The lowest BCUT2D eigenvalue weighted by Crippen LogP contribution is -2.15. The van der Waals surface area contributed by atoms with E-state index in [4.69, 9.17) is 5.26 Å². The third kappa shape index (κ3) is 5.47. The minimum Gasteiger partial charge on any atom is -0.324 e. The Morgan fingerprint density at radius 2 is 1.76 bits per heavy atom. The van der Waals surface area contributed by atoms with Crippen molar-refractivity contribution in [1.29, 1.82) is 5.26 Å². The van der Waals surface area contributed by atoms with Crippen LogP contribution in [0.5, 0.6) is 0 Å². The van der Waals surface area contributed by atoms with E-state index in [0.29, 0.717) is 22.0 Å². The Hall–Kier alpha value is -4.35. The highest BCUT2D eigenvalue weighted by atomic mass is 32.2. The molecule has 0 aliphatic heterocycles. The summed E-state index contributed by atoms with van der Waals surface area (Å²) in [6.45, 7) is 0. The largest absolute Gasteiger partial charge is 0.324 e. The van der Waals surface area contributed by atoms with E-state index in [1.807, 2.05) is 41.0 Å². The Balaban J connectivity index is 1.44. The summed E-state index contributed by atoms with van der Waals surface area (Å²) in [6, 6.07) is 25.3. The number of para-hydroxylation sites is 2. The van der Waals surface area contributed by atoms with Crippen LogP contribution < -0.4 is 10.6 Å². The number of nitriles is 1. The smallest absolute Gasteiger partial charge is 0.255 e. The molecule has 2 N–H and O–H groups in total. The van der Waals surface area contributed by atoms with Crippen LogP contribution in [0.4, 0.5) is 11.4 Å². The maximum atomic E-state index is 12.6. The van der Waals surface area contributed by atoms with Crippen molar-refractivity contribution in [2.45, 2.75) is 5.16 Å². The SMILES string of the molecule is N#Cc1ccccc1NC(=O)CSc1nccn1-c1cccc(C(=O)Nc2ccccc2)c1. The van der Waals surface area contributed by atoms with Gasteiger partial charge < -0.3 is 10.6 Å². The molecule has 4 rings (SSSR count). The summed E-state index contributed by atoms with van der Waals surface area (Å²) in [5, 5.41) is 15.4. The first-order valence-corrected chi connectivity index (χ1v) is 11.0. The molecule has 3 aromatic carbocycles. The number of rotatable bonds is 7. The number of nitrogens with one attached hydrogen (secondary N) is 2. The minimum absolute atomic E-state index is 0.116. The average molecular weight is 454 g/mol. The van der Waals surface area contributed by atoms with Crippen LogP contribution in [0.2, 0.25) is 0 Å². The number of carbonyl (C=O) groups is 2. The molecule has 8 heteroatoms. The van der Waals surface area contributed by atoms with Gasteiger partial charge in [-0.25, -0.2) is 4.98 Å². The van der Waals surface area contributed by atoms with Crippen molar-refractivity contribution in [1.82, 2.24) is 9.55 Å². The summed E-state index contributed by atoms with van der Waals surface area (Å²) in [6.07, 6.45) is 3.42. The maximum absolute atomic E-state index is 12.6. The van der Waals surface area contributed by atoms with Gasteiger partial charge in [0, 0.05) is 29.3 Å². The molecule has 7 nitrogen and oxygen atoms in total. The van der Waals surface area contributed by atoms with Gasteiger partial charge in [0.1, 0.15) is 6.07 Å². The molecule has 2 amide bonds. The molecule has 4 aromatic rings. The van der Waals surface area contributed by atoms with Crippen LogP contribution in [-0.2, 0) is 4.79 Å². The number of benzene rings is 3. The molecular weight excluding hydrogens is 434 g/mol. The van der Waals surface area contributed by atoms with Crippen molar-refractivity contribution in [2.75, 3.05) is 16.4 Å². The third-order valence-corrected chi connectivity index (χ3v) is 5.65. The fourth-order valence-electron chi connectivity index (χ4n) is 3.12. The van der Waals surface area contributed by atoms with Gasteiger partial charge in [-0.1, -0.05) is 48.2 Å². The molecule has 0 fully saturated rings. The van der Waals surface area contributed by atoms with Crippen LogP contribution in [0.3, 0.4) is 0 Å². The van der Waals surface area contributed by atoms with Crippen molar-refractivity contribution < 1.29 is 9.59 Å². The number of imidazole rings is 1. The molecule has 0 atom stereocenters. The van der Waals surface area contributed by atoms with E-state index in [1.165, 1.54) is 11.8 Å². The zero-order valence-electron chi connectivity index (χ0n) is 17.4. The predicted molar refractivity (Wildman–Crippen MR) is 128 cm³/mol. The molecule has 0 bridgehead atoms. The van der Waals surface area contributed by atoms with Gasteiger partial charge in [0.25, 0.3) is 5.91 Å². The quantitative estimate of drug-likeness (QED) is 0.394. The fourth-order valence-corrected chi connectivity index (χ4v) is 3.89. The number of hydrogen-bond donors (Lipinski definition) is 2. The van der Waals surface area contributed by atoms with Crippen molar-refractivity contribution in [3.8, 4) is 11.8 Å². The highest BCUT2D eigenvalue weighted by Gasteiger charge is 2.13. The molecular formula is C25H19N5O2S. The zero-order chi connectivity index (χ0) is 23.0. The topological polar surface area (TPSA) is 99.8 Å². The fraction of sp³-hybridized carbons (Fsp3) is 0.0400. The number of carbonyl (C=O) groups excluding carboxylic acids is 2. The number of amides is 2. The van der Waals surface area contributed by atoms with Gasteiger partial charge in [0.2, 0.25) is 5.91 Å². The van der Waals surface area contributed by atoms with E-state index in [0.717, 1.165) is 11.4 Å². The second-order valence-corrected chi connectivity index (χ2v) is 7.89. The molecule has 1 heterocycles. The number of aromatic nitrogens is 2. The molecule has 1 aromatic heterocycles. The molecule has 33 heavy (non-hydrogen) atoms. The van der Waals surface area contributed by atoms with E-state index >= 15 is 0 Å². The lowest BCUT2D eigenvalue weighted by molar-refractivity contribution is -0.113. The Kier molecular flexibility index (Phi) is 6.83. The van der Waals surface area contributed by atoms with Gasteiger partial charge >= 0.3 is 0 Å². The Bertz CT molecular complexity index is 1330. The van der Waals surface area contributed by atoms with Crippen LogP contribution in [-0.4, -0.2) is 27.1 Å². The van der Waals surface area contributed by atoms with Crippen LogP contribution in [0, 0.1) is 11.3 Å². The van der Waals surface area contributed by atoms with Crippen molar-refractivity contribution in [3.05, 3.63) is 102 Å². The van der Waals surface area contributed by atoms with Gasteiger partial charge in [-0.3, -0.25) is 14.2 Å². The molecule has 0 radical (unpaired) electrons. The van der Waals surface area contributed by atoms with E-state index in [2.05, 4.69) is 21.7 Å². The second-order valence-electron chi connectivity index (χ2n) is 6.94. The van der Waals surface area contributed by atoms with Gasteiger partial charge in [-0.2, -0.15) is 5.26 Å².